The van der Waals surface area contributed by atoms with E-state index in [1.807, 2.05) is 6.92 Å². The molecule has 0 aliphatic rings. The third kappa shape index (κ3) is 6.11. The molecule has 1 amide bonds. The van der Waals surface area contributed by atoms with Crippen LogP contribution < -0.4 is 5.32 Å². The SMILES string of the molecule is Cc1ccc(S[C@H](C)C(=O)NCCCc2cccc(C)c2)cc1. The molecule has 0 aliphatic heterocycles. The molecule has 0 aliphatic carbocycles. The van der Waals surface area contributed by atoms with Gasteiger partial charge < -0.3 is 5.32 Å². The van der Waals surface area contributed by atoms with Crippen molar-refractivity contribution in [3.63, 3.8) is 0 Å². The van der Waals surface area contributed by atoms with Crippen LogP contribution in [0.4, 0.5) is 0 Å². The summed E-state index contributed by atoms with van der Waals surface area (Å²) in [6, 6.07) is 16.8. The van der Waals surface area contributed by atoms with Gasteiger partial charge >= 0.3 is 0 Å². The lowest BCUT2D eigenvalue weighted by Crippen LogP contribution is -2.31. The lowest BCUT2D eigenvalue weighted by atomic mass is 10.1. The molecule has 0 unspecified atom stereocenters. The van der Waals surface area contributed by atoms with Crippen molar-refractivity contribution in [3.8, 4) is 0 Å². The first-order valence-electron chi connectivity index (χ1n) is 8.11. The van der Waals surface area contributed by atoms with Gasteiger partial charge in [-0.1, -0.05) is 47.5 Å². The fourth-order valence-electron chi connectivity index (χ4n) is 2.39. The summed E-state index contributed by atoms with van der Waals surface area (Å²) in [4.78, 5) is 13.3. The molecule has 2 aromatic carbocycles. The lowest BCUT2D eigenvalue weighted by Gasteiger charge is -2.12. The van der Waals surface area contributed by atoms with Crippen molar-refractivity contribution < 1.29 is 4.79 Å². The normalized spacial score (nSPS) is 12.0. The molecule has 122 valence electrons. The van der Waals surface area contributed by atoms with Crippen LogP contribution in [-0.4, -0.2) is 17.7 Å². The molecule has 0 aromatic heterocycles. The van der Waals surface area contributed by atoms with Crippen LogP contribution in [0.2, 0.25) is 0 Å². The van der Waals surface area contributed by atoms with E-state index in [1.165, 1.54) is 16.7 Å². The van der Waals surface area contributed by atoms with E-state index in [1.54, 1.807) is 11.8 Å². The number of benzene rings is 2. The summed E-state index contributed by atoms with van der Waals surface area (Å²) in [5.74, 6) is 0.111. The first-order valence-corrected chi connectivity index (χ1v) is 8.99. The number of hydrogen-bond acceptors (Lipinski definition) is 2. The molecule has 0 heterocycles. The van der Waals surface area contributed by atoms with E-state index >= 15 is 0 Å². The van der Waals surface area contributed by atoms with Gasteiger partial charge in [0.05, 0.1) is 5.25 Å². The Morgan fingerprint density at radius 1 is 1.09 bits per heavy atom. The average Bonchev–Trinajstić information content (AvgIpc) is 2.53. The van der Waals surface area contributed by atoms with Crippen LogP contribution in [0.3, 0.4) is 0 Å². The number of nitrogens with one attached hydrogen (secondary N) is 1. The Kier molecular flexibility index (Phi) is 6.72. The average molecular weight is 327 g/mol. The van der Waals surface area contributed by atoms with Gasteiger partial charge in [0.25, 0.3) is 0 Å². The molecular weight excluding hydrogens is 302 g/mol. The van der Waals surface area contributed by atoms with E-state index in [-0.39, 0.29) is 11.2 Å². The smallest absolute Gasteiger partial charge is 0.233 e. The van der Waals surface area contributed by atoms with Gasteiger partial charge in [-0.15, -0.1) is 11.8 Å². The summed E-state index contributed by atoms with van der Waals surface area (Å²) in [6.07, 6.45) is 1.97. The third-order valence-corrected chi connectivity index (χ3v) is 4.84. The topological polar surface area (TPSA) is 29.1 Å². The molecule has 0 saturated heterocycles. The van der Waals surface area contributed by atoms with E-state index < -0.39 is 0 Å². The first kappa shape index (κ1) is 17.6. The highest BCUT2D eigenvalue weighted by Gasteiger charge is 2.13. The van der Waals surface area contributed by atoms with Gasteiger partial charge in [0.15, 0.2) is 0 Å². The van der Waals surface area contributed by atoms with Crippen molar-refractivity contribution in [2.75, 3.05) is 6.54 Å². The van der Waals surface area contributed by atoms with Gasteiger partial charge in [0.1, 0.15) is 0 Å². The predicted octanol–water partition coefficient (Wildman–Crippen LogP) is 4.53. The summed E-state index contributed by atoms with van der Waals surface area (Å²) < 4.78 is 0. The molecule has 0 spiro atoms. The van der Waals surface area contributed by atoms with Gasteiger partial charge in [0.2, 0.25) is 5.91 Å². The molecule has 2 nitrogen and oxygen atoms in total. The monoisotopic (exact) mass is 327 g/mol. The Bertz CT molecular complexity index is 636. The second-order valence-corrected chi connectivity index (χ2v) is 7.37. The molecule has 0 fully saturated rings. The standard InChI is InChI=1S/C20H25NOS/c1-15-9-11-19(12-10-15)23-17(3)20(22)21-13-5-8-18-7-4-6-16(2)14-18/h4,6-7,9-12,14,17H,5,8,13H2,1-3H3,(H,21,22)/t17-/m1/s1. The summed E-state index contributed by atoms with van der Waals surface area (Å²) >= 11 is 1.60. The highest BCUT2D eigenvalue weighted by molar-refractivity contribution is 8.00. The highest BCUT2D eigenvalue weighted by atomic mass is 32.2. The summed E-state index contributed by atoms with van der Waals surface area (Å²) in [6.45, 7) is 6.86. The van der Waals surface area contributed by atoms with Crippen molar-refractivity contribution in [1.29, 1.82) is 0 Å². The number of amides is 1. The summed E-state index contributed by atoms with van der Waals surface area (Å²) in [5.41, 5.74) is 3.86. The number of carbonyl (C=O) groups is 1. The molecule has 1 atom stereocenters. The molecule has 0 radical (unpaired) electrons. The zero-order chi connectivity index (χ0) is 16.7. The Labute approximate surface area is 143 Å². The Morgan fingerprint density at radius 2 is 1.83 bits per heavy atom. The quantitative estimate of drug-likeness (QED) is 0.598. The molecule has 0 bridgehead atoms. The fraction of sp³-hybridized carbons (Fsp3) is 0.350. The van der Waals surface area contributed by atoms with Crippen LogP contribution >= 0.6 is 11.8 Å². The van der Waals surface area contributed by atoms with Crippen molar-refractivity contribution in [2.45, 2.75) is 43.8 Å². The van der Waals surface area contributed by atoms with Crippen LogP contribution in [-0.2, 0) is 11.2 Å². The molecule has 2 rings (SSSR count). The van der Waals surface area contributed by atoms with Crippen LogP contribution in [0.25, 0.3) is 0 Å². The van der Waals surface area contributed by atoms with Crippen molar-refractivity contribution in [1.82, 2.24) is 5.32 Å². The zero-order valence-corrected chi connectivity index (χ0v) is 15.0. The molecule has 23 heavy (non-hydrogen) atoms. The van der Waals surface area contributed by atoms with Gasteiger partial charge in [-0.25, -0.2) is 0 Å². The van der Waals surface area contributed by atoms with Crippen molar-refractivity contribution >= 4 is 17.7 Å². The molecule has 1 N–H and O–H groups in total. The minimum absolute atomic E-state index is 0.0725. The maximum Gasteiger partial charge on any atom is 0.233 e. The fourth-order valence-corrected chi connectivity index (χ4v) is 3.28. The largest absolute Gasteiger partial charge is 0.355 e. The number of thioether (sulfide) groups is 1. The maximum atomic E-state index is 12.1. The van der Waals surface area contributed by atoms with Gasteiger partial charge in [-0.05, 0) is 51.3 Å². The van der Waals surface area contributed by atoms with E-state index in [0.29, 0.717) is 0 Å². The second-order valence-electron chi connectivity index (χ2n) is 5.96. The van der Waals surface area contributed by atoms with Crippen LogP contribution in [0.15, 0.2) is 53.4 Å². The highest BCUT2D eigenvalue weighted by Crippen LogP contribution is 2.23. The van der Waals surface area contributed by atoms with Gasteiger partial charge in [-0.2, -0.15) is 0 Å². The number of hydrogen-bond donors (Lipinski definition) is 1. The summed E-state index contributed by atoms with van der Waals surface area (Å²) in [5, 5.41) is 2.97. The van der Waals surface area contributed by atoms with Crippen molar-refractivity contribution in [2.24, 2.45) is 0 Å². The molecule has 3 heteroatoms. The van der Waals surface area contributed by atoms with Crippen LogP contribution in [0.1, 0.15) is 30.0 Å². The van der Waals surface area contributed by atoms with E-state index in [9.17, 15) is 4.79 Å². The Hall–Kier alpha value is -1.74. The summed E-state index contributed by atoms with van der Waals surface area (Å²) in [7, 11) is 0. The van der Waals surface area contributed by atoms with Gasteiger partial charge in [-0.3, -0.25) is 4.79 Å². The van der Waals surface area contributed by atoms with Crippen LogP contribution in [0.5, 0.6) is 0 Å². The number of carbonyl (C=O) groups excluding carboxylic acids is 1. The van der Waals surface area contributed by atoms with E-state index in [0.717, 1.165) is 24.3 Å². The van der Waals surface area contributed by atoms with E-state index in [2.05, 4.69) is 67.7 Å². The predicted molar refractivity (Wildman–Crippen MR) is 99.0 cm³/mol. The van der Waals surface area contributed by atoms with E-state index in [4.69, 9.17) is 0 Å². The van der Waals surface area contributed by atoms with Crippen molar-refractivity contribution in [3.05, 3.63) is 65.2 Å². The zero-order valence-electron chi connectivity index (χ0n) is 14.1. The van der Waals surface area contributed by atoms with Crippen LogP contribution in [0, 0.1) is 13.8 Å². The molecule has 2 aromatic rings. The minimum atomic E-state index is -0.0725. The van der Waals surface area contributed by atoms with Gasteiger partial charge in [0, 0.05) is 11.4 Å². The number of rotatable bonds is 7. The molecular formula is C20H25NOS. The lowest BCUT2D eigenvalue weighted by molar-refractivity contribution is -0.120. The third-order valence-electron chi connectivity index (χ3n) is 3.73. The molecule has 0 saturated carbocycles. The Balaban J connectivity index is 1.70. The Morgan fingerprint density at radius 3 is 2.52 bits per heavy atom. The number of aryl methyl sites for hydroxylation is 3. The second kappa shape index (κ2) is 8.78. The first-order chi connectivity index (χ1) is 11.0. The maximum absolute atomic E-state index is 12.1. The minimum Gasteiger partial charge on any atom is -0.355 e.